The molecular formula is C12H25N3O2. The molecule has 17 heavy (non-hydrogen) atoms. The van der Waals surface area contributed by atoms with Crippen LogP contribution >= 0.6 is 0 Å². The number of carbonyl (C=O) groups excluding carboxylic acids is 1. The van der Waals surface area contributed by atoms with Gasteiger partial charge in [0.25, 0.3) is 0 Å². The molecule has 0 aromatic heterocycles. The van der Waals surface area contributed by atoms with Crippen LogP contribution in [0.5, 0.6) is 0 Å². The quantitative estimate of drug-likeness (QED) is 0.633. The molecule has 0 radical (unpaired) electrons. The minimum Gasteiger partial charge on any atom is -0.395 e. The third-order valence-corrected chi connectivity index (χ3v) is 3.64. The molecule has 0 aliphatic heterocycles. The Kier molecular flexibility index (Phi) is 5.36. The molecule has 1 rings (SSSR count). The largest absolute Gasteiger partial charge is 0.395 e. The van der Waals surface area contributed by atoms with E-state index in [4.69, 9.17) is 5.11 Å². The summed E-state index contributed by atoms with van der Waals surface area (Å²) in [6.07, 6.45) is 3.70. The lowest BCUT2D eigenvalue weighted by atomic mass is 9.75. The summed E-state index contributed by atoms with van der Waals surface area (Å²) in [5.41, 5.74) is 0.256. The number of carbonyl (C=O) groups is 1. The smallest absolute Gasteiger partial charge is 0.234 e. The van der Waals surface area contributed by atoms with Crippen LogP contribution in [0.15, 0.2) is 0 Å². The SMILES string of the molecule is CN(CC(=O)NCCO)CC1(N(C)C)CCC1. The fourth-order valence-electron chi connectivity index (χ4n) is 2.39. The van der Waals surface area contributed by atoms with E-state index in [1.54, 1.807) is 0 Å². The second-order valence-corrected chi connectivity index (χ2v) is 5.22. The molecule has 0 unspecified atom stereocenters. The van der Waals surface area contributed by atoms with Crippen molar-refractivity contribution in [2.24, 2.45) is 0 Å². The van der Waals surface area contributed by atoms with Crippen molar-refractivity contribution in [3.63, 3.8) is 0 Å². The van der Waals surface area contributed by atoms with Gasteiger partial charge in [0.15, 0.2) is 0 Å². The second kappa shape index (κ2) is 6.33. The number of hydrogen-bond donors (Lipinski definition) is 2. The third-order valence-electron chi connectivity index (χ3n) is 3.64. The van der Waals surface area contributed by atoms with E-state index >= 15 is 0 Å². The summed E-state index contributed by atoms with van der Waals surface area (Å²) in [6.45, 7) is 1.66. The Bertz CT molecular complexity index is 252. The van der Waals surface area contributed by atoms with E-state index in [-0.39, 0.29) is 18.1 Å². The van der Waals surface area contributed by atoms with E-state index in [0.717, 1.165) is 6.54 Å². The minimum atomic E-state index is -0.0187. The van der Waals surface area contributed by atoms with E-state index in [9.17, 15) is 4.79 Å². The van der Waals surface area contributed by atoms with Crippen molar-refractivity contribution in [1.82, 2.24) is 15.1 Å². The summed E-state index contributed by atoms with van der Waals surface area (Å²) in [7, 11) is 6.19. The number of aliphatic hydroxyl groups excluding tert-OH is 1. The Hall–Kier alpha value is -0.650. The molecule has 1 amide bonds. The van der Waals surface area contributed by atoms with Gasteiger partial charge in [-0.05, 0) is 40.4 Å². The van der Waals surface area contributed by atoms with Crippen LogP contribution in [-0.4, -0.2) is 73.7 Å². The van der Waals surface area contributed by atoms with Gasteiger partial charge in [0, 0.05) is 18.6 Å². The van der Waals surface area contributed by atoms with E-state index in [2.05, 4.69) is 29.2 Å². The Morgan fingerprint density at radius 1 is 1.35 bits per heavy atom. The van der Waals surface area contributed by atoms with Crippen LogP contribution in [0.2, 0.25) is 0 Å². The summed E-state index contributed by atoms with van der Waals surface area (Å²) in [5, 5.41) is 11.3. The molecule has 0 saturated heterocycles. The first-order chi connectivity index (χ1) is 8.00. The molecule has 100 valence electrons. The van der Waals surface area contributed by atoms with Crippen molar-refractivity contribution in [2.45, 2.75) is 24.8 Å². The van der Waals surface area contributed by atoms with Crippen LogP contribution in [0.25, 0.3) is 0 Å². The van der Waals surface area contributed by atoms with Crippen LogP contribution in [0.3, 0.4) is 0 Å². The van der Waals surface area contributed by atoms with Crippen LogP contribution < -0.4 is 5.32 Å². The molecule has 5 heteroatoms. The highest BCUT2D eigenvalue weighted by Gasteiger charge is 2.39. The molecule has 0 spiro atoms. The van der Waals surface area contributed by atoms with Gasteiger partial charge < -0.3 is 15.3 Å². The van der Waals surface area contributed by atoms with Crippen molar-refractivity contribution >= 4 is 5.91 Å². The number of hydrogen-bond acceptors (Lipinski definition) is 4. The summed E-state index contributed by atoms with van der Waals surface area (Å²) in [4.78, 5) is 15.8. The van der Waals surface area contributed by atoms with Crippen LogP contribution in [-0.2, 0) is 4.79 Å². The zero-order valence-corrected chi connectivity index (χ0v) is 11.2. The van der Waals surface area contributed by atoms with Gasteiger partial charge in [0.1, 0.15) is 0 Å². The predicted molar refractivity (Wildman–Crippen MR) is 67.9 cm³/mol. The van der Waals surface area contributed by atoms with E-state index in [1.807, 2.05) is 7.05 Å². The topological polar surface area (TPSA) is 55.8 Å². The highest BCUT2D eigenvalue weighted by atomic mass is 16.3. The van der Waals surface area contributed by atoms with Gasteiger partial charge in [-0.2, -0.15) is 0 Å². The molecule has 0 aromatic carbocycles. The average Bonchev–Trinajstić information content (AvgIpc) is 2.19. The molecule has 5 nitrogen and oxygen atoms in total. The zero-order valence-electron chi connectivity index (χ0n) is 11.2. The van der Waals surface area contributed by atoms with Gasteiger partial charge >= 0.3 is 0 Å². The maximum absolute atomic E-state index is 11.5. The molecular weight excluding hydrogens is 218 g/mol. The van der Waals surface area contributed by atoms with Crippen LogP contribution in [0.1, 0.15) is 19.3 Å². The number of nitrogens with one attached hydrogen (secondary N) is 1. The number of nitrogens with zero attached hydrogens (tertiary/aromatic N) is 2. The molecule has 1 saturated carbocycles. The number of amides is 1. The van der Waals surface area contributed by atoms with Gasteiger partial charge in [-0.3, -0.25) is 9.69 Å². The fourth-order valence-corrected chi connectivity index (χ4v) is 2.39. The van der Waals surface area contributed by atoms with Gasteiger partial charge in [0.2, 0.25) is 5.91 Å². The highest BCUT2D eigenvalue weighted by molar-refractivity contribution is 5.77. The van der Waals surface area contributed by atoms with Crippen molar-refractivity contribution in [3.8, 4) is 0 Å². The van der Waals surface area contributed by atoms with Crippen molar-refractivity contribution in [2.75, 3.05) is 47.4 Å². The molecule has 0 bridgehead atoms. The van der Waals surface area contributed by atoms with Gasteiger partial charge in [-0.25, -0.2) is 0 Å². The lowest BCUT2D eigenvalue weighted by Gasteiger charge is -2.49. The molecule has 0 aromatic rings. The van der Waals surface area contributed by atoms with Crippen molar-refractivity contribution < 1.29 is 9.90 Å². The minimum absolute atomic E-state index is 0.00289. The Morgan fingerprint density at radius 3 is 2.41 bits per heavy atom. The third kappa shape index (κ3) is 3.94. The predicted octanol–water partition coefficient (Wildman–Crippen LogP) is -0.489. The summed E-state index contributed by atoms with van der Waals surface area (Å²) < 4.78 is 0. The highest BCUT2D eigenvalue weighted by Crippen LogP contribution is 2.36. The first-order valence-corrected chi connectivity index (χ1v) is 6.24. The summed E-state index contributed by atoms with van der Waals surface area (Å²) in [6, 6.07) is 0. The number of rotatable bonds is 7. The molecule has 0 heterocycles. The van der Waals surface area contributed by atoms with Crippen molar-refractivity contribution in [1.29, 1.82) is 0 Å². The van der Waals surface area contributed by atoms with Gasteiger partial charge in [-0.1, -0.05) is 0 Å². The summed E-state index contributed by atoms with van der Waals surface area (Å²) >= 11 is 0. The second-order valence-electron chi connectivity index (χ2n) is 5.22. The Morgan fingerprint density at radius 2 is 2.00 bits per heavy atom. The van der Waals surface area contributed by atoms with Gasteiger partial charge in [0.05, 0.1) is 13.2 Å². The number of aliphatic hydroxyl groups is 1. The lowest BCUT2D eigenvalue weighted by molar-refractivity contribution is -0.122. The van der Waals surface area contributed by atoms with E-state index in [1.165, 1.54) is 19.3 Å². The monoisotopic (exact) mass is 243 g/mol. The number of likely N-dealkylation sites (N-methyl/N-ethyl adjacent to an activating group) is 2. The molecule has 2 N–H and O–H groups in total. The van der Waals surface area contributed by atoms with Crippen LogP contribution in [0.4, 0.5) is 0 Å². The molecule has 1 aliphatic carbocycles. The molecule has 1 aliphatic rings. The zero-order chi connectivity index (χ0) is 12.9. The van der Waals surface area contributed by atoms with Crippen LogP contribution in [0, 0.1) is 0 Å². The van der Waals surface area contributed by atoms with Crippen molar-refractivity contribution in [3.05, 3.63) is 0 Å². The lowest BCUT2D eigenvalue weighted by Crippen LogP contribution is -2.57. The summed E-state index contributed by atoms with van der Waals surface area (Å²) in [5.74, 6) is -0.0187. The molecule has 1 fully saturated rings. The standard InChI is InChI=1S/C12H25N3O2/c1-14(2)12(5-4-6-12)10-15(3)9-11(17)13-7-8-16/h16H,4-10H2,1-3H3,(H,13,17). The molecule has 0 atom stereocenters. The Labute approximate surface area is 104 Å². The fraction of sp³-hybridized carbons (Fsp3) is 0.917. The Balaban J connectivity index is 2.33. The first-order valence-electron chi connectivity index (χ1n) is 6.24. The normalized spacial score (nSPS) is 18.2. The van der Waals surface area contributed by atoms with Gasteiger partial charge in [-0.15, -0.1) is 0 Å². The average molecular weight is 243 g/mol. The maximum Gasteiger partial charge on any atom is 0.234 e. The van der Waals surface area contributed by atoms with E-state index in [0.29, 0.717) is 13.1 Å². The maximum atomic E-state index is 11.5. The van der Waals surface area contributed by atoms with E-state index < -0.39 is 0 Å². The first kappa shape index (κ1) is 14.4.